The van der Waals surface area contributed by atoms with Crippen LogP contribution >= 0.6 is 0 Å². The van der Waals surface area contributed by atoms with E-state index in [2.05, 4.69) is 19.7 Å². The predicted octanol–water partition coefficient (Wildman–Crippen LogP) is 3.03. The molecule has 0 saturated carbocycles. The van der Waals surface area contributed by atoms with E-state index in [0.29, 0.717) is 17.1 Å². The number of anilines is 1. The molecule has 10 heteroatoms. The molecule has 0 radical (unpaired) electrons. The van der Waals surface area contributed by atoms with Crippen molar-refractivity contribution in [2.45, 2.75) is 6.92 Å². The molecule has 0 bridgehead atoms. The molecule has 2 aromatic heterocycles. The summed E-state index contributed by atoms with van der Waals surface area (Å²) in [5.74, 6) is 1.06. The molecular formula is C19H20N4O5S. The Hall–Kier alpha value is -3.40. The van der Waals surface area contributed by atoms with Crippen molar-refractivity contribution in [3.63, 3.8) is 0 Å². The summed E-state index contributed by atoms with van der Waals surface area (Å²) in [5.41, 5.74) is 1.41. The molecule has 3 rings (SSSR count). The molecule has 0 spiro atoms. The van der Waals surface area contributed by atoms with Crippen LogP contribution in [0.2, 0.25) is 0 Å². The summed E-state index contributed by atoms with van der Waals surface area (Å²) in [5, 5.41) is 0. The van der Waals surface area contributed by atoms with E-state index in [1.807, 2.05) is 6.92 Å². The number of sulfonamides is 1. The van der Waals surface area contributed by atoms with Gasteiger partial charge in [-0.25, -0.2) is 13.4 Å². The van der Waals surface area contributed by atoms with Crippen LogP contribution in [0.15, 0.2) is 42.6 Å². The smallest absolute Gasteiger partial charge is 0.263 e. The normalized spacial score (nSPS) is 11.0. The Morgan fingerprint density at radius 1 is 1.00 bits per heavy atom. The first-order chi connectivity index (χ1) is 13.8. The standard InChI is InChI=1S/C19H20N4O5S/c1-12-11-13(9-10-20-12)17-21-18(23-29(4,24)25)16(19(22-17)27-3)28-15-8-6-5-7-14(15)26-2/h5-11H,1-4H3,(H,21,22,23). The lowest BCUT2D eigenvalue weighted by Gasteiger charge is -2.16. The van der Waals surface area contributed by atoms with Crippen LogP contribution in [-0.4, -0.2) is 43.8 Å². The van der Waals surface area contributed by atoms with Gasteiger partial charge in [0.2, 0.25) is 15.8 Å². The predicted molar refractivity (Wildman–Crippen MR) is 108 cm³/mol. The van der Waals surface area contributed by atoms with Crippen molar-refractivity contribution in [3.05, 3.63) is 48.3 Å². The third kappa shape index (κ3) is 4.91. The molecule has 0 fully saturated rings. The molecule has 0 aliphatic rings. The van der Waals surface area contributed by atoms with Gasteiger partial charge in [-0.3, -0.25) is 9.71 Å². The van der Waals surface area contributed by atoms with E-state index in [0.717, 1.165) is 11.9 Å². The van der Waals surface area contributed by atoms with E-state index in [1.54, 1.807) is 42.6 Å². The average Bonchev–Trinajstić information content (AvgIpc) is 2.68. The highest BCUT2D eigenvalue weighted by Gasteiger charge is 2.22. The summed E-state index contributed by atoms with van der Waals surface area (Å²) >= 11 is 0. The van der Waals surface area contributed by atoms with Crippen molar-refractivity contribution < 1.29 is 22.6 Å². The van der Waals surface area contributed by atoms with Gasteiger partial charge in [-0.05, 0) is 31.2 Å². The van der Waals surface area contributed by atoms with Gasteiger partial charge in [0.15, 0.2) is 23.1 Å². The first-order valence-corrected chi connectivity index (χ1v) is 10.4. The maximum Gasteiger partial charge on any atom is 0.263 e. The lowest BCUT2D eigenvalue weighted by Crippen LogP contribution is -2.13. The number of ether oxygens (including phenoxy) is 3. The number of nitrogens with one attached hydrogen (secondary N) is 1. The second-order valence-electron chi connectivity index (χ2n) is 6.05. The SMILES string of the molecule is COc1ccccc1Oc1c(NS(C)(=O)=O)nc(-c2ccnc(C)c2)nc1OC. The van der Waals surface area contributed by atoms with Crippen LogP contribution in [0.25, 0.3) is 11.4 Å². The topological polar surface area (TPSA) is 113 Å². The molecule has 0 amide bonds. The first-order valence-electron chi connectivity index (χ1n) is 8.48. The molecule has 0 atom stereocenters. The average molecular weight is 416 g/mol. The van der Waals surface area contributed by atoms with Gasteiger partial charge in [0.25, 0.3) is 5.88 Å². The quantitative estimate of drug-likeness (QED) is 0.625. The Balaban J connectivity index is 2.18. The Labute approximate surface area is 168 Å². The first kappa shape index (κ1) is 20.3. The van der Waals surface area contributed by atoms with Crippen molar-refractivity contribution in [1.29, 1.82) is 0 Å². The van der Waals surface area contributed by atoms with E-state index in [1.165, 1.54) is 14.2 Å². The van der Waals surface area contributed by atoms with Crippen molar-refractivity contribution >= 4 is 15.8 Å². The number of benzene rings is 1. The Bertz CT molecular complexity index is 1140. The lowest BCUT2D eigenvalue weighted by atomic mass is 10.2. The molecule has 0 unspecified atom stereocenters. The zero-order valence-corrected chi connectivity index (χ0v) is 17.1. The minimum Gasteiger partial charge on any atom is -0.493 e. The Morgan fingerprint density at radius 3 is 2.34 bits per heavy atom. The largest absolute Gasteiger partial charge is 0.493 e. The van der Waals surface area contributed by atoms with Crippen LogP contribution in [0.3, 0.4) is 0 Å². The van der Waals surface area contributed by atoms with Gasteiger partial charge in [0.05, 0.1) is 20.5 Å². The number of hydrogen-bond donors (Lipinski definition) is 1. The van der Waals surface area contributed by atoms with Crippen LogP contribution in [0.5, 0.6) is 23.1 Å². The fraction of sp³-hybridized carbons (Fsp3) is 0.211. The molecule has 0 aliphatic heterocycles. The van der Waals surface area contributed by atoms with Crippen LogP contribution < -0.4 is 18.9 Å². The minimum atomic E-state index is -3.66. The number of aromatic nitrogens is 3. The summed E-state index contributed by atoms with van der Waals surface area (Å²) in [6.45, 7) is 1.83. The highest BCUT2D eigenvalue weighted by atomic mass is 32.2. The molecule has 1 aromatic carbocycles. The lowest BCUT2D eigenvalue weighted by molar-refractivity contribution is 0.348. The molecule has 3 aromatic rings. The van der Waals surface area contributed by atoms with Crippen LogP contribution in [0, 0.1) is 6.92 Å². The fourth-order valence-electron chi connectivity index (χ4n) is 2.53. The van der Waals surface area contributed by atoms with E-state index < -0.39 is 10.0 Å². The third-order valence-corrected chi connectivity index (χ3v) is 4.31. The van der Waals surface area contributed by atoms with Crippen LogP contribution in [-0.2, 0) is 10.0 Å². The van der Waals surface area contributed by atoms with Gasteiger partial charge in [0, 0.05) is 17.5 Å². The number of rotatable bonds is 7. The summed E-state index contributed by atoms with van der Waals surface area (Å²) in [4.78, 5) is 12.9. The second kappa shape index (κ2) is 8.31. The Morgan fingerprint density at radius 2 is 1.72 bits per heavy atom. The molecule has 2 heterocycles. The van der Waals surface area contributed by atoms with Crippen LogP contribution in [0.1, 0.15) is 5.69 Å². The highest BCUT2D eigenvalue weighted by Crippen LogP contribution is 2.40. The van der Waals surface area contributed by atoms with E-state index in [4.69, 9.17) is 14.2 Å². The Kier molecular flexibility index (Phi) is 5.83. The van der Waals surface area contributed by atoms with Crippen LogP contribution in [0.4, 0.5) is 5.82 Å². The van der Waals surface area contributed by atoms with Crippen molar-refractivity contribution in [1.82, 2.24) is 15.0 Å². The molecular weight excluding hydrogens is 396 g/mol. The number of hydrogen-bond acceptors (Lipinski definition) is 8. The van der Waals surface area contributed by atoms with E-state index in [-0.39, 0.29) is 23.3 Å². The molecule has 1 N–H and O–H groups in total. The minimum absolute atomic E-state index is 0.0111. The monoisotopic (exact) mass is 416 g/mol. The number of pyridine rings is 1. The zero-order chi connectivity index (χ0) is 21.0. The fourth-order valence-corrected chi connectivity index (χ4v) is 3.02. The second-order valence-corrected chi connectivity index (χ2v) is 7.80. The summed E-state index contributed by atoms with van der Waals surface area (Å²) < 4.78 is 42.8. The van der Waals surface area contributed by atoms with Crippen molar-refractivity contribution in [2.75, 3.05) is 25.2 Å². The summed E-state index contributed by atoms with van der Waals surface area (Å²) in [6.07, 6.45) is 2.63. The van der Waals surface area contributed by atoms with Gasteiger partial charge in [-0.15, -0.1) is 0 Å². The third-order valence-electron chi connectivity index (χ3n) is 3.75. The molecule has 152 valence electrons. The maximum absolute atomic E-state index is 11.9. The number of aryl methyl sites for hydroxylation is 1. The molecule has 0 aliphatic carbocycles. The summed E-state index contributed by atoms with van der Waals surface area (Å²) in [6, 6.07) is 10.4. The molecule has 9 nitrogen and oxygen atoms in total. The van der Waals surface area contributed by atoms with Gasteiger partial charge in [-0.2, -0.15) is 4.98 Å². The zero-order valence-electron chi connectivity index (χ0n) is 16.3. The highest BCUT2D eigenvalue weighted by molar-refractivity contribution is 7.92. The van der Waals surface area contributed by atoms with E-state index >= 15 is 0 Å². The number of para-hydroxylation sites is 2. The molecule has 0 saturated heterocycles. The van der Waals surface area contributed by atoms with Gasteiger partial charge in [0.1, 0.15) is 0 Å². The van der Waals surface area contributed by atoms with E-state index in [9.17, 15) is 8.42 Å². The number of nitrogens with zero attached hydrogens (tertiary/aromatic N) is 3. The van der Waals surface area contributed by atoms with Crippen molar-refractivity contribution in [3.8, 4) is 34.5 Å². The molecule has 29 heavy (non-hydrogen) atoms. The van der Waals surface area contributed by atoms with Gasteiger partial charge >= 0.3 is 0 Å². The summed E-state index contributed by atoms with van der Waals surface area (Å²) in [7, 11) is -0.753. The van der Waals surface area contributed by atoms with Gasteiger partial charge < -0.3 is 14.2 Å². The van der Waals surface area contributed by atoms with Crippen molar-refractivity contribution in [2.24, 2.45) is 0 Å². The maximum atomic E-state index is 11.9. The van der Waals surface area contributed by atoms with Gasteiger partial charge in [-0.1, -0.05) is 12.1 Å². The number of methoxy groups -OCH3 is 2.